The number of hydrogen-bond donors (Lipinski definition) is 2. The second kappa shape index (κ2) is 4.67. The van der Waals surface area contributed by atoms with E-state index in [0.717, 1.165) is 19.3 Å². The van der Waals surface area contributed by atoms with E-state index in [1.54, 1.807) is 0 Å². The van der Waals surface area contributed by atoms with Crippen molar-refractivity contribution >= 4 is 11.9 Å². The minimum absolute atomic E-state index is 0.0433. The Labute approximate surface area is 102 Å². The number of carboxylic acid groups (broad SMARTS) is 1. The third-order valence-electron chi connectivity index (χ3n) is 4.28. The molecular formula is C13H21NO3. The zero-order chi connectivity index (χ0) is 12.5. The van der Waals surface area contributed by atoms with Gasteiger partial charge in [-0.05, 0) is 39.0 Å². The van der Waals surface area contributed by atoms with Crippen LogP contribution in [0.5, 0.6) is 0 Å². The van der Waals surface area contributed by atoms with Gasteiger partial charge in [0.05, 0.1) is 5.92 Å². The maximum Gasteiger partial charge on any atom is 0.306 e. The Hall–Kier alpha value is -1.06. The molecule has 2 N–H and O–H groups in total. The van der Waals surface area contributed by atoms with Gasteiger partial charge in [0.1, 0.15) is 0 Å². The number of carbonyl (C=O) groups is 2. The average Bonchev–Trinajstić information content (AvgIpc) is 2.86. The second-order valence-electron chi connectivity index (χ2n) is 5.80. The summed E-state index contributed by atoms with van der Waals surface area (Å²) in [5.74, 6) is -1.10. The van der Waals surface area contributed by atoms with Crippen LogP contribution in [0.1, 0.15) is 51.9 Å². The molecule has 17 heavy (non-hydrogen) atoms. The highest BCUT2D eigenvalue weighted by molar-refractivity contribution is 5.81. The Balaban J connectivity index is 1.87. The minimum atomic E-state index is -0.757. The van der Waals surface area contributed by atoms with Gasteiger partial charge < -0.3 is 10.4 Å². The van der Waals surface area contributed by atoms with Crippen LogP contribution >= 0.6 is 0 Å². The first-order valence-electron chi connectivity index (χ1n) is 6.55. The van der Waals surface area contributed by atoms with E-state index in [9.17, 15) is 9.59 Å². The fourth-order valence-corrected chi connectivity index (χ4v) is 3.12. The summed E-state index contributed by atoms with van der Waals surface area (Å²) in [6.45, 7) is 2.10. The Morgan fingerprint density at radius 1 is 1.18 bits per heavy atom. The Morgan fingerprint density at radius 3 is 2.29 bits per heavy atom. The first-order chi connectivity index (χ1) is 8.00. The smallest absolute Gasteiger partial charge is 0.306 e. The Morgan fingerprint density at radius 2 is 1.76 bits per heavy atom. The molecule has 1 amide bonds. The van der Waals surface area contributed by atoms with Crippen LogP contribution in [0.2, 0.25) is 0 Å². The number of hydrogen-bond acceptors (Lipinski definition) is 2. The van der Waals surface area contributed by atoms with Crippen LogP contribution in [0.3, 0.4) is 0 Å². The van der Waals surface area contributed by atoms with Crippen molar-refractivity contribution in [2.24, 2.45) is 11.8 Å². The molecule has 2 aliphatic rings. The van der Waals surface area contributed by atoms with Gasteiger partial charge in [0.2, 0.25) is 5.91 Å². The van der Waals surface area contributed by atoms with Crippen LogP contribution in [0.4, 0.5) is 0 Å². The molecule has 0 bridgehead atoms. The number of carboxylic acids is 1. The number of amides is 1. The molecule has 0 aromatic carbocycles. The van der Waals surface area contributed by atoms with Gasteiger partial charge in [0.15, 0.2) is 0 Å². The van der Waals surface area contributed by atoms with E-state index >= 15 is 0 Å². The van der Waals surface area contributed by atoms with Gasteiger partial charge in [-0.25, -0.2) is 0 Å². The molecule has 96 valence electrons. The minimum Gasteiger partial charge on any atom is -0.481 e. The molecule has 0 saturated heterocycles. The monoisotopic (exact) mass is 239 g/mol. The summed E-state index contributed by atoms with van der Waals surface area (Å²) in [5.41, 5.74) is -0.0433. The van der Waals surface area contributed by atoms with E-state index in [-0.39, 0.29) is 23.3 Å². The van der Waals surface area contributed by atoms with E-state index in [4.69, 9.17) is 5.11 Å². The van der Waals surface area contributed by atoms with Crippen molar-refractivity contribution < 1.29 is 14.7 Å². The number of rotatable bonds is 3. The molecule has 2 atom stereocenters. The van der Waals surface area contributed by atoms with E-state index < -0.39 is 5.97 Å². The van der Waals surface area contributed by atoms with E-state index in [0.29, 0.717) is 12.8 Å². The SMILES string of the molecule is CC1(NC(=O)[C@@H]2CC[C@H](C(=O)O)C2)CCCC1. The van der Waals surface area contributed by atoms with Crippen LogP contribution in [0.15, 0.2) is 0 Å². The summed E-state index contributed by atoms with van der Waals surface area (Å²) in [5, 5.41) is 12.0. The number of aliphatic carboxylic acids is 1. The zero-order valence-corrected chi connectivity index (χ0v) is 10.4. The topological polar surface area (TPSA) is 66.4 Å². The highest BCUT2D eigenvalue weighted by Crippen LogP contribution is 2.34. The van der Waals surface area contributed by atoms with E-state index in [2.05, 4.69) is 12.2 Å². The highest BCUT2D eigenvalue weighted by atomic mass is 16.4. The van der Waals surface area contributed by atoms with Gasteiger partial charge in [-0.2, -0.15) is 0 Å². The van der Waals surface area contributed by atoms with Gasteiger partial charge in [0.25, 0.3) is 0 Å². The van der Waals surface area contributed by atoms with Crippen molar-refractivity contribution in [1.29, 1.82) is 0 Å². The molecule has 0 spiro atoms. The van der Waals surface area contributed by atoms with Crippen molar-refractivity contribution in [1.82, 2.24) is 5.32 Å². The lowest BCUT2D eigenvalue weighted by atomic mass is 9.97. The van der Waals surface area contributed by atoms with Crippen molar-refractivity contribution in [3.05, 3.63) is 0 Å². The molecule has 4 heteroatoms. The molecular weight excluding hydrogens is 218 g/mol. The highest BCUT2D eigenvalue weighted by Gasteiger charge is 2.37. The Kier molecular flexibility index (Phi) is 3.40. The average molecular weight is 239 g/mol. The van der Waals surface area contributed by atoms with Gasteiger partial charge in [-0.3, -0.25) is 9.59 Å². The zero-order valence-electron chi connectivity index (χ0n) is 10.4. The molecule has 2 aliphatic carbocycles. The summed E-state index contributed by atoms with van der Waals surface area (Å²) in [7, 11) is 0. The molecule has 4 nitrogen and oxygen atoms in total. The van der Waals surface area contributed by atoms with Crippen molar-refractivity contribution in [2.75, 3.05) is 0 Å². The molecule has 0 aromatic rings. The molecule has 0 aliphatic heterocycles. The fraction of sp³-hybridized carbons (Fsp3) is 0.846. The summed E-state index contributed by atoms with van der Waals surface area (Å²) < 4.78 is 0. The maximum atomic E-state index is 12.1. The van der Waals surface area contributed by atoms with Crippen molar-refractivity contribution in [3.63, 3.8) is 0 Å². The normalized spacial score (nSPS) is 31.4. The van der Waals surface area contributed by atoms with Gasteiger partial charge in [-0.15, -0.1) is 0 Å². The van der Waals surface area contributed by atoms with E-state index in [1.165, 1.54) is 12.8 Å². The van der Waals surface area contributed by atoms with Crippen molar-refractivity contribution in [3.8, 4) is 0 Å². The maximum absolute atomic E-state index is 12.1. The summed E-state index contributed by atoms with van der Waals surface area (Å²) in [6.07, 6.45) is 6.33. The summed E-state index contributed by atoms with van der Waals surface area (Å²) >= 11 is 0. The van der Waals surface area contributed by atoms with Gasteiger partial charge in [0, 0.05) is 11.5 Å². The van der Waals surface area contributed by atoms with Crippen LogP contribution < -0.4 is 5.32 Å². The molecule has 2 rings (SSSR count). The number of nitrogens with one attached hydrogen (secondary N) is 1. The molecule has 2 fully saturated rings. The molecule has 0 unspecified atom stereocenters. The second-order valence-corrected chi connectivity index (χ2v) is 5.80. The van der Waals surface area contributed by atoms with E-state index in [1.807, 2.05) is 0 Å². The van der Waals surface area contributed by atoms with Crippen LogP contribution in [-0.2, 0) is 9.59 Å². The molecule has 2 saturated carbocycles. The fourth-order valence-electron chi connectivity index (χ4n) is 3.12. The predicted molar refractivity (Wildman–Crippen MR) is 63.5 cm³/mol. The molecule has 0 aromatic heterocycles. The van der Waals surface area contributed by atoms with Crippen molar-refractivity contribution in [2.45, 2.75) is 57.4 Å². The largest absolute Gasteiger partial charge is 0.481 e. The summed E-state index contributed by atoms with van der Waals surface area (Å²) in [4.78, 5) is 22.9. The third-order valence-corrected chi connectivity index (χ3v) is 4.28. The lowest BCUT2D eigenvalue weighted by Crippen LogP contribution is -2.46. The van der Waals surface area contributed by atoms with Crippen LogP contribution in [-0.4, -0.2) is 22.5 Å². The molecule has 0 radical (unpaired) electrons. The van der Waals surface area contributed by atoms with Gasteiger partial charge in [-0.1, -0.05) is 12.8 Å². The quantitative estimate of drug-likeness (QED) is 0.791. The first-order valence-corrected chi connectivity index (χ1v) is 6.55. The lowest BCUT2D eigenvalue weighted by Gasteiger charge is -2.27. The first kappa shape index (κ1) is 12.4. The summed E-state index contributed by atoms with van der Waals surface area (Å²) in [6, 6.07) is 0. The lowest BCUT2D eigenvalue weighted by molar-refractivity contribution is -0.141. The molecule has 0 heterocycles. The predicted octanol–water partition coefficient (Wildman–Crippen LogP) is 1.94. The number of carbonyl (C=O) groups excluding carboxylic acids is 1. The van der Waals surface area contributed by atoms with Crippen LogP contribution in [0.25, 0.3) is 0 Å². The Bertz CT molecular complexity index is 321. The standard InChI is InChI=1S/C13H21NO3/c1-13(6-2-3-7-13)14-11(15)9-4-5-10(8-9)12(16)17/h9-10H,2-8H2,1H3,(H,14,15)(H,16,17)/t9-,10+/m1/s1. The van der Waals surface area contributed by atoms with Crippen LogP contribution in [0, 0.1) is 11.8 Å². The third kappa shape index (κ3) is 2.79. The van der Waals surface area contributed by atoms with Gasteiger partial charge >= 0.3 is 5.97 Å².